The molecule has 1 aromatic rings. The molecular formula is C17H22ClN5O. The number of nitrogens with zero attached hydrogens (tertiary/aromatic N) is 3. The fourth-order valence-electron chi connectivity index (χ4n) is 2.65. The number of hydrogen-bond acceptors (Lipinski definition) is 5. The van der Waals surface area contributed by atoms with Crippen LogP contribution in [0.1, 0.15) is 12.8 Å². The van der Waals surface area contributed by atoms with Crippen molar-refractivity contribution in [2.45, 2.75) is 18.9 Å². The minimum Gasteiger partial charge on any atom is -0.398 e. The van der Waals surface area contributed by atoms with E-state index >= 15 is 0 Å². The van der Waals surface area contributed by atoms with E-state index in [0.717, 1.165) is 25.9 Å². The van der Waals surface area contributed by atoms with Crippen LogP contribution in [0.25, 0.3) is 0 Å². The van der Waals surface area contributed by atoms with Crippen molar-refractivity contribution < 1.29 is 4.79 Å². The third-order valence-electron chi connectivity index (χ3n) is 4.29. The van der Waals surface area contributed by atoms with Crippen molar-refractivity contribution in [2.24, 2.45) is 0 Å². The number of benzene rings is 1. The average molecular weight is 348 g/mol. The Morgan fingerprint density at radius 1 is 1.50 bits per heavy atom. The number of halogens is 1. The Bertz CT molecular complexity index is 674. The molecule has 0 saturated carbocycles. The SMILES string of the molecule is CN1CCC(N(C)C(=O)/C(C#N)=C\Nc2ccc(N)c(Cl)c2)CC1. The van der Waals surface area contributed by atoms with Gasteiger partial charge in [0.1, 0.15) is 11.6 Å². The van der Waals surface area contributed by atoms with Gasteiger partial charge in [0.05, 0.1) is 10.7 Å². The molecule has 1 fully saturated rings. The maximum atomic E-state index is 12.5. The Kier molecular flexibility index (Phi) is 6.07. The highest BCUT2D eigenvalue weighted by Crippen LogP contribution is 2.23. The van der Waals surface area contributed by atoms with Crippen molar-refractivity contribution in [3.8, 4) is 6.07 Å². The number of carbonyl (C=O) groups excluding carboxylic acids is 1. The van der Waals surface area contributed by atoms with Crippen molar-refractivity contribution >= 4 is 28.9 Å². The topological polar surface area (TPSA) is 85.4 Å². The minimum absolute atomic E-state index is 0.0596. The molecule has 1 amide bonds. The summed E-state index contributed by atoms with van der Waals surface area (Å²) >= 11 is 5.96. The van der Waals surface area contributed by atoms with Gasteiger partial charge in [0.15, 0.2) is 0 Å². The van der Waals surface area contributed by atoms with Gasteiger partial charge in [0.25, 0.3) is 5.91 Å². The lowest BCUT2D eigenvalue weighted by Crippen LogP contribution is -2.44. The first-order chi connectivity index (χ1) is 11.4. The number of nitriles is 1. The lowest BCUT2D eigenvalue weighted by Gasteiger charge is -2.34. The van der Waals surface area contributed by atoms with Gasteiger partial charge in [-0.05, 0) is 51.2 Å². The summed E-state index contributed by atoms with van der Waals surface area (Å²) in [7, 11) is 3.82. The Hall–Kier alpha value is -2.23. The largest absolute Gasteiger partial charge is 0.398 e. The number of nitrogens with one attached hydrogen (secondary N) is 1. The summed E-state index contributed by atoms with van der Waals surface area (Å²) in [5, 5.41) is 12.6. The highest BCUT2D eigenvalue weighted by molar-refractivity contribution is 6.33. The quantitative estimate of drug-likeness (QED) is 0.496. The van der Waals surface area contributed by atoms with Crippen LogP contribution in [-0.2, 0) is 4.79 Å². The second-order valence-electron chi connectivity index (χ2n) is 6.00. The summed E-state index contributed by atoms with van der Waals surface area (Å²) in [6.45, 7) is 1.91. The van der Waals surface area contributed by atoms with E-state index in [1.165, 1.54) is 6.20 Å². The van der Waals surface area contributed by atoms with Gasteiger partial charge in [-0.3, -0.25) is 4.79 Å². The van der Waals surface area contributed by atoms with Crippen LogP contribution in [0.15, 0.2) is 30.0 Å². The molecule has 0 atom stereocenters. The van der Waals surface area contributed by atoms with Gasteiger partial charge in [-0.25, -0.2) is 0 Å². The number of carbonyl (C=O) groups is 1. The zero-order valence-electron chi connectivity index (χ0n) is 13.9. The predicted octanol–water partition coefficient (Wildman–Crippen LogP) is 2.29. The monoisotopic (exact) mass is 347 g/mol. The van der Waals surface area contributed by atoms with E-state index in [9.17, 15) is 10.1 Å². The van der Waals surface area contributed by atoms with Gasteiger partial charge in [0.2, 0.25) is 0 Å². The fraction of sp³-hybridized carbons (Fsp3) is 0.412. The highest BCUT2D eigenvalue weighted by Gasteiger charge is 2.25. The number of piperidine rings is 1. The molecule has 2 rings (SSSR count). The summed E-state index contributed by atoms with van der Waals surface area (Å²) in [5.74, 6) is -0.277. The molecule has 0 aliphatic carbocycles. The Morgan fingerprint density at radius 3 is 2.75 bits per heavy atom. The first kappa shape index (κ1) is 18.1. The number of hydrogen-bond donors (Lipinski definition) is 2. The molecule has 1 aromatic carbocycles. The Balaban J connectivity index is 2.04. The molecule has 1 saturated heterocycles. The van der Waals surface area contributed by atoms with Crippen LogP contribution in [0.5, 0.6) is 0 Å². The normalized spacial score (nSPS) is 16.5. The van der Waals surface area contributed by atoms with E-state index in [1.807, 2.05) is 6.07 Å². The molecule has 6 nitrogen and oxygen atoms in total. The second-order valence-corrected chi connectivity index (χ2v) is 6.41. The zero-order valence-corrected chi connectivity index (χ0v) is 14.7. The molecule has 1 aliphatic heterocycles. The maximum Gasteiger partial charge on any atom is 0.266 e. The van der Waals surface area contributed by atoms with Crippen LogP contribution in [0.3, 0.4) is 0 Å². The summed E-state index contributed by atoms with van der Waals surface area (Å²) < 4.78 is 0. The van der Waals surface area contributed by atoms with Crippen molar-refractivity contribution in [1.29, 1.82) is 5.26 Å². The molecule has 1 heterocycles. The van der Waals surface area contributed by atoms with Crippen LogP contribution < -0.4 is 11.1 Å². The van der Waals surface area contributed by atoms with Crippen LogP contribution in [0, 0.1) is 11.3 Å². The van der Waals surface area contributed by atoms with Crippen molar-refractivity contribution in [2.75, 3.05) is 38.2 Å². The Labute approximate surface area is 147 Å². The minimum atomic E-state index is -0.277. The van der Waals surface area contributed by atoms with Gasteiger partial charge in [-0.2, -0.15) is 5.26 Å². The van der Waals surface area contributed by atoms with Crippen LogP contribution in [0.2, 0.25) is 5.02 Å². The first-order valence-corrected chi connectivity index (χ1v) is 8.17. The lowest BCUT2D eigenvalue weighted by atomic mass is 10.0. The predicted molar refractivity (Wildman–Crippen MR) is 96.5 cm³/mol. The lowest BCUT2D eigenvalue weighted by molar-refractivity contribution is -0.128. The molecule has 0 unspecified atom stereocenters. The van der Waals surface area contributed by atoms with E-state index in [1.54, 1.807) is 30.1 Å². The van der Waals surface area contributed by atoms with Gasteiger partial charge in [-0.15, -0.1) is 0 Å². The van der Waals surface area contributed by atoms with Crippen molar-refractivity contribution in [3.63, 3.8) is 0 Å². The number of rotatable bonds is 4. The summed E-state index contributed by atoms with van der Waals surface area (Å²) in [6, 6.07) is 7.17. The molecule has 0 radical (unpaired) electrons. The molecule has 0 aromatic heterocycles. The number of anilines is 2. The van der Waals surface area contributed by atoms with E-state index < -0.39 is 0 Å². The average Bonchev–Trinajstić information content (AvgIpc) is 2.58. The standard InChI is InChI=1S/C17H22ClN5O/c1-22-7-5-14(6-8-22)23(2)17(24)12(10-19)11-21-13-3-4-16(20)15(18)9-13/h3-4,9,11,14,21H,5-8,20H2,1-2H3/b12-11-. The third kappa shape index (κ3) is 4.40. The number of nitrogens with two attached hydrogens (primary N) is 1. The molecule has 0 bridgehead atoms. The van der Waals surface area contributed by atoms with E-state index in [2.05, 4.69) is 17.3 Å². The van der Waals surface area contributed by atoms with Crippen molar-refractivity contribution in [3.05, 3.63) is 35.0 Å². The highest BCUT2D eigenvalue weighted by atomic mass is 35.5. The first-order valence-electron chi connectivity index (χ1n) is 7.80. The molecule has 3 N–H and O–H groups in total. The number of amides is 1. The van der Waals surface area contributed by atoms with E-state index in [-0.39, 0.29) is 17.5 Å². The summed E-state index contributed by atoms with van der Waals surface area (Å²) in [6.07, 6.45) is 3.24. The fourth-order valence-corrected chi connectivity index (χ4v) is 2.83. The Morgan fingerprint density at radius 2 is 2.17 bits per heavy atom. The van der Waals surface area contributed by atoms with Crippen LogP contribution in [0.4, 0.5) is 11.4 Å². The molecule has 24 heavy (non-hydrogen) atoms. The number of likely N-dealkylation sites (tertiary alicyclic amines) is 1. The van der Waals surface area contributed by atoms with Crippen LogP contribution in [-0.4, -0.2) is 48.9 Å². The molecule has 7 heteroatoms. The second kappa shape index (κ2) is 8.04. The number of likely N-dealkylation sites (N-methyl/N-ethyl adjacent to an activating group) is 1. The molecule has 1 aliphatic rings. The summed E-state index contributed by atoms with van der Waals surface area (Å²) in [5.41, 5.74) is 6.86. The van der Waals surface area contributed by atoms with E-state index in [0.29, 0.717) is 16.4 Å². The van der Waals surface area contributed by atoms with Gasteiger partial charge >= 0.3 is 0 Å². The van der Waals surface area contributed by atoms with E-state index in [4.69, 9.17) is 17.3 Å². The van der Waals surface area contributed by atoms with Crippen LogP contribution >= 0.6 is 11.6 Å². The summed E-state index contributed by atoms with van der Waals surface area (Å²) in [4.78, 5) is 16.4. The van der Waals surface area contributed by atoms with Gasteiger partial charge in [0, 0.05) is 25.0 Å². The van der Waals surface area contributed by atoms with Crippen molar-refractivity contribution in [1.82, 2.24) is 9.80 Å². The zero-order chi connectivity index (χ0) is 17.7. The molecular weight excluding hydrogens is 326 g/mol. The smallest absolute Gasteiger partial charge is 0.266 e. The van der Waals surface area contributed by atoms with Gasteiger partial charge in [-0.1, -0.05) is 11.6 Å². The molecule has 128 valence electrons. The number of nitrogen functional groups attached to an aromatic ring is 1. The molecule has 0 spiro atoms. The third-order valence-corrected chi connectivity index (χ3v) is 4.62. The van der Waals surface area contributed by atoms with Gasteiger partial charge < -0.3 is 20.9 Å². The maximum absolute atomic E-state index is 12.5.